The van der Waals surface area contributed by atoms with Gasteiger partial charge in [0, 0.05) is 83.2 Å². The van der Waals surface area contributed by atoms with Gasteiger partial charge in [-0.3, -0.25) is 76.9 Å². The number of hydrogen-bond donors (Lipinski definition) is 8. The number of ether oxygens (including phenoxy) is 2. The van der Waals surface area contributed by atoms with Gasteiger partial charge in [-0.2, -0.15) is 0 Å². The van der Waals surface area contributed by atoms with Crippen LogP contribution in [0.1, 0.15) is 123 Å². The average molecular weight is 1140 g/mol. The van der Waals surface area contributed by atoms with Gasteiger partial charge in [0.15, 0.2) is 17.3 Å². The second-order valence-electron chi connectivity index (χ2n) is 19.0. The minimum Gasteiger partial charge on any atom is -0.493 e. The number of nitrogens with one attached hydrogen (secondary N) is 7. The zero-order chi connectivity index (χ0) is 59.3. The summed E-state index contributed by atoms with van der Waals surface area (Å²) in [5, 5.41) is 17.8. The second-order valence-corrected chi connectivity index (χ2v) is 20.2. The number of carbonyl (C=O) groups excluding carboxylic acids is 14. The molecule has 1 aromatic rings. The molecule has 5 atom stereocenters. The molecule has 1 saturated heterocycles. The first-order valence-corrected chi connectivity index (χ1v) is 27.8. The summed E-state index contributed by atoms with van der Waals surface area (Å²) < 4.78 is 10.7. The van der Waals surface area contributed by atoms with Crippen LogP contribution in [0, 0.1) is 0 Å². The Morgan fingerprint density at radius 1 is 0.637 bits per heavy atom. The molecule has 9 N–H and O–H groups in total. The Bertz CT molecular complexity index is 2450. The molecule has 1 aromatic carbocycles. The van der Waals surface area contributed by atoms with Crippen LogP contribution in [0.15, 0.2) is 30.4 Å². The fraction of sp³-hybridized carbons (Fsp3) is 0.585. The topological polar surface area (TPSA) is 374 Å². The third-order valence-electron chi connectivity index (χ3n) is 12.7. The van der Waals surface area contributed by atoms with Crippen LogP contribution in [0.5, 0.6) is 11.5 Å². The number of amides is 12. The molecule has 3 rings (SSSR count). The maximum atomic E-state index is 13.5. The Hall–Kier alpha value is -7.71. The quantitative estimate of drug-likeness (QED) is 0.0178. The van der Waals surface area contributed by atoms with E-state index in [0.29, 0.717) is 57.1 Å². The Kier molecular flexibility index (Phi) is 29.1. The van der Waals surface area contributed by atoms with E-state index >= 15 is 0 Å². The standard InChI is InChI=1S/C53H76N10O16S/c1-6-42(66)55-23-13-10-16-37(59-43(67)7-2)51(75)61-36(50(54)74)15-9-12-24-56-44(68)21-26-63-48(72)30-41(53(63)77)80-31-38(58-33(4)65)52(76)60-35(32(3)64)14-8-11-25-57-45(69)29-34-17-18-39(40(28-34)78-5)79-49(73)22-27-62-46(70)19-20-47(62)71/h17-20,28,35-38,41H,6-16,21-27,29-31H2,1-5H3,(H2,54,74)(H,55,66)(H,56,68)(H,57,69)(H,58,65)(H,59,67)(H,60,76)(H,61,75). The molecule has 27 heteroatoms. The van der Waals surface area contributed by atoms with Gasteiger partial charge in [0.25, 0.3) is 11.8 Å². The zero-order valence-electron chi connectivity index (χ0n) is 46.0. The van der Waals surface area contributed by atoms with E-state index in [0.717, 1.165) is 33.7 Å². The summed E-state index contributed by atoms with van der Waals surface area (Å²) in [6.45, 7) is 6.33. The molecule has 0 spiro atoms. The number of thioether (sulfide) groups is 1. The molecule has 12 amide bonds. The van der Waals surface area contributed by atoms with Crippen LogP contribution >= 0.6 is 11.8 Å². The van der Waals surface area contributed by atoms with Crippen molar-refractivity contribution >= 4 is 94.4 Å². The molecule has 0 aliphatic carbocycles. The number of primary amides is 1. The molecule has 0 bridgehead atoms. The number of carbonyl (C=O) groups is 14. The molecule has 26 nitrogen and oxygen atoms in total. The molecule has 0 radical (unpaired) electrons. The van der Waals surface area contributed by atoms with Gasteiger partial charge >= 0.3 is 5.97 Å². The van der Waals surface area contributed by atoms with Crippen LogP contribution in [0.25, 0.3) is 0 Å². The number of rotatable bonds is 38. The van der Waals surface area contributed by atoms with Crippen LogP contribution < -0.4 is 52.4 Å². The number of hydrogen-bond acceptors (Lipinski definition) is 17. The number of Topliss-reactive ketones (excluding diaryl/α,β-unsaturated/α-hetero) is 1. The van der Waals surface area contributed by atoms with Gasteiger partial charge in [-0.15, -0.1) is 11.8 Å². The van der Waals surface area contributed by atoms with Gasteiger partial charge < -0.3 is 52.4 Å². The van der Waals surface area contributed by atoms with Gasteiger partial charge in [-0.25, -0.2) is 0 Å². The summed E-state index contributed by atoms with van der Waals surface area (Å²) in [5.41, 5.74) is 6.12. The minimum atomic E-state index is -1.18. The van der Waals surface area contributed by atoms with Gasteiger partial charge in [-0.1, -0.05) is 19.9 Å². The van der Waals surface area contributed by atoms with Crippen LogP contribution in [-0.4, -0.2) is 167 Å². The molecule has 2 heterocycles. The predicted molar refractivity (Wildman–Crippen MR) is 289 cm³/mol. The van der Waals surface area contributed by atoms with Crippen LogP contribution in [0.4, 0.5) is 0 Å². The predicted octanol–water partition coefficient (Wildman–Crippen LogP) is -0.578. The third-order valence-corrected chi connectivity index (χ3v) is 14.0. The summed E-state index contributed by atoms with van der Waals surface area (Å²) in [5.74, 6) is -6.88. The van der Waals surface area contributed by atoms with Gasteiger partial charge in [-0.05, 0) is 82.4 Å². The number of benzene rings is 1. The number of likely N-dealkylation sites (tertiary alicyclic amines) is 1. The Balaban J connectivity index is 1.38. The number of esters is 1. The molecule has 1 fully saturated rings. The molecule has 2 aliphatic rings. The van der Waals surface area contributed by atoms with Crippen molar-refractivity contribution in [2.24, 2.45) is 5.73 Å². The lowest BCUT2D eigenvalue weighted by atomic mass is 10.1. The third kappa shape index (κ3) is 23.7. The molecule has 80 heavy (non-hydrogen) atoms. The lowest BCUT2D eigenvalue weighted by Gasteiger charge is -2.22. The molecule has 0 aromatic heterocycles. The zero-order valence-corrected chi connectivity index (χ0v) is 46.9. The highest BCUT2D eigenvalue weighted by atomic mass is 32.2. The fourth-order valence-corrected chi connectivity index (χ4v) is 9.33. The van der Waals surface area contributed by atoms with Crippen molar-refractivity contribution in [2.45, 2.75) is 153 Å². The number of unbranched alkanes of at least 4 members (excludes halogenated alkanes) is 3. The first-order chi connectivity index (χ1) is 38.1. The molecule has 2 aliphatic heterocycles. The fourth-order valence-electron chi connectivity index (χ4n) is 8.14. The second kappa shape index (κ2) is 35.0. The van der Waals surface area contributed by atoms with Crippen LogP contribution in [0.3, 0.4) is 0 Å². The smallest absolute Gasteiger partial charge is 0.313 e. The van der Waals surface area contributed by atoms with Crippen molar-refractivity contribution in [1.82, 2.24) is 47.0 Å². The SMILES string of the molecule is CCC(=O)NCCCCC(NC(=O)CC)C(=O)NC(CCCCNC(=O)CCN1C(=O)CC(SCC(NC(C)=O)C(=O)NC(CCCCNC(=O)Cc2ccc(OC(=O)CCN3C(=O)C=CC3=O)c(OC)c2)C(C)=O)C1=O)C(N)=O. The van der Waals surface area contributed by atoms with Crippen LogP contribution in [-0.2, 0) is 73.5 Å². The Labute approximate surface area is 468 Å². The number of ketones is 1. The van der Waals surface area contributed by atoms with E-state index in [-0.39, 0.29) is 118 Å². The summed E-state index contributed by atoms with van der Waals surface area (Å²) in [4.78, 5) is 177. The monoisotopic (exact) mass is 1140 g/mol. The average Bonchev–Trinajstić information content (AvgIpc) is 3.88. The normalized spacial score (nSPS) is 15.3. The molecular weight excluding hydrogens is 1060 g/mol. The lowest BCUT2D eigenvalue weighted by Crippen LogP contribution is -2.52. The first-order valence-electron chi connectivity index (χ1n) is 26.7. The van der Waals surface area contributed by atoms with Gasteiger partial charge in [0.2, 0.25) is 59.1 Å². The number of imide groups is 2. The Morgan fingerprint density at radius 3 is 1.76 bits per heavy atom. The molecule has 440 valence electrons. The van der Waals surface area contributed by atoms with Crippen LogP contribution in [0.2, 0.25) is 0 Å². The molecule has 5 unspecified atom stereocenters. The first kappa shape index (κ1) is 66.6. The van der Waals surface area contributed by atoms with Crippen molar-refractivity contribution in [2.75, 3.05) is 45.6 Å². The van der Waals surface area contributed by atoms with E-state index in [2.05, 4.69) is 37.2 Å². The molecule has 0 saturated carbocycles. The maximum Gasteiger partial charge on any atom is 0.313 e. The van der Waals surface area contributed by atoms with Gasteiger partial charge in [0.1, 0.15) is 18.1 Å². The van der Waals surface area contributed by atoms with Crippen molar-refractivity contribution in [3.05, 3.63) is 35.9 Å². The highest BCUT2D eigenvalue weighted by Gasteiger charge is 2.40. The minimum absolute atomic E-state index is 0.0456. The Morgan fingerprint density at radius 2 is 1.19 bits per heavy atom. The number of nitrogens with two attached hydrogens (primary N) is 1. The van der Waals surface area contributed by atoms with Crippen molar-refractivity contribution in [3.63, 3.8) is 0 Å². The number of methoxy groups -OCH3 is 1. The maximum absolute atomic E-state index is 13.5. The summed E-state index contributed by atoms with van der Waals surface area (Å²) in [6, 6.07) is 0.479. The van der Waals surface area contributed by atoms with E-state index in [1.165, 1.54) is 33.1 Å². The van der Waals surface area contributed by atoms with E-state index in [1.807, 2.05) is 0 Å². The highest BCUT2D eigenvalue weighted by molar-refractivity contribution is 8.00. The highest BCUT2D eigenvalue weighted by Crippen LogP contribution is 2.29. The van der Waals surface area contributed by atoms with Gasteiger partial charge in [0.05, 0.1) is 31.2 Å². The largest absolute Gasteiger partial charge is 0.493 e. The van der Waals surface area contributed by atoms with E-state index in [9.17, 15) is 67.1 Å². The summed E-state index contributed by atoms with van der Waals surface area (Å²) in [7, 11) is 1.36. The van der Waals surface area contributed by atoms with Crippen molar-refractivity contribution in [1.29, 1.82) is 0 Å². The van der Waals surface area contributed by atoms with Crippen molar-refractivity contribution < 1.29 is 76.6 Å². The van der Waals surface area contributed by atoms with Crippen molar-refractivity contribution in [3.8, 4) is 11.5 Å². The van der Waals surface area contributed by atoms with E-state index in [1.54, 1.807) is 19.9 Å². The lowest BCUT2D eigenvalue weighted by molar-refractivity contribution is -0.141. The van der Waals surface area contributed by atoms with E-state index < -0.39 is 88.6 Å². The summed E-state index contributed by atoms with van der Waals surface area (Å²) in [6.07, 6.45) is 5.34. The van der Waals surface area contributed by atoms with E-state index in [4.69, 9.17) is 15.2 Å². The number of nitrogens with zero attached hydrogens (tertiary/aromatic N) is 2. The summed E-state index contributed by atoms with van der Waals surface area (Å²) >= 11 is 0.972. The molecular formula is C53H76N10O16S.